The van der Waals surface area contributed by atoms with E-state index < -0.39 is 16.9 Å². The molecule has 0 aliphatic heterocycles. The Kier molecular flexibility index (Phi) is 7.53. The van der Waals surface area contributed by atoms with Crippen molar-refractivity contribution in [2.24, 2.45) is 0 Å². The molecule has 1 N–H and O–H groups in total. The summed E-state index contributed by atoms with van der Waals surface area (Å²) >= 11 is 1.63. The lowest BCUT2D eigenvalue weighted by molar-refractivity contribution is 0.158. The number of benzene rings is 2. The number of aliphatic hydroxyl groups excluding tert-OH is 1. The van der Waals surface area contributed by atoms with Crippen molar-refractivity contribution in [3.05, 3.63) is 59.7 Å². The van der Waals surface area contributed by atoms with E-state index in [0.717, 1.165) is 40.2 Å². The SMILES string of the molecule is CCCC[C@@H](O)[C@@H](SC)c1ccccc1S(=O)c1ccc(C)cc1. The molecule has 2 aromatic rings. The summed E-state index contributed by atoms with van der Waals surface area (Å²) in [5.74, 6) is 0. The number of aliphatic hydroxyl groups is 1. The van der Waals surface area contributed by atoms with Gasteiger partial charge in [-0.3, -0.25) is 0 Å². The summed E-state index contributed by atoms with van der Waals surface area (Å²) in [6.07, 6.45) is 4.42. The van der Waals surface area contributed by atoms with Crippen LogP contribution in [0, 0.1) is 6.92 Å². The van der Waals surface area contributed by atoms with Gasteiger partial charge in [-0.1, -0.05) is 55.7 Å². The second-order valence-electron chi connectivity index (χ2n) is 5.99. The molecule has 0 radical (unpaired) electrons. The Morgan fingerprint density at radius 3 is 2.42 bits per heavy atom. The largest absolute Gasteiger partial charge is 0.392 e. The van der Waals surface area contributed by atoms with Crippen LogP contribution in [0.25, 0.3) is 0 Å². The quantitative estimate of drug-likeness (QED) is 0.708. The Morgan fingerprint density at radius 2 is 1.79 bits per heavy atom. The summed E-state index contributed by atoms with van der Waals surface area (Å²) in [5.41, 5.74) is 2.13. The van der Waals surface area contributed by atoms with Gasteiger partial charge in [-0.05, 0) is 43.4 Å². The van der Waals surface area contributed by atoms with Crippen molar-refractivity contribution in [1.82, 2.24) is 0 Å². The van der Waals surface area contributed by atoms with Crippen LogP contribution in [-0.4, -0.2) is 21.7 Å². The van der Waals surface area contributed by atoms with Crippen LogP contribution in [0.4, 0.5) is 0 Å². The third-order valence-corrected chi connectivity index (χ3v) is 6.66. The molecule has 0 spiro atoms. The second kappa shape index (κ2) is 9.40. The Bertz CT molecular complexity index is 668. The monoisotopic (exact) mass is 362 g/mol. The highest BCUT2D eigenvalue weighted by atomic mass is 32.2. The Labute approximate surface area is 152 Å². The van der Waals surface area contributed by atoms with Gasteiger partial charge in [0, 0.05) is 9.79 Å². The van der Waals surface area contributed by atoms with Gasteiger partial charge < -0.3 is 5.11 Å². The number of rotatable bonds is 8. The summed E-state index contributed by atoms with van der Waals surface area (Å²) in [5, 5.41) is 10.5. The fourth-order valence-electron chi connectivity index (χ4n) is 2.73. The van der Waals surface area contributed by atoms with Crippen molar-refractivity contribution < 1.29 is 9.32 Å². The van der Waals surface area contributed by atoms with E-state index in [1.165, 1.54) is 0 Å². The van der Waals surface area contributed by atoms with E-state index in [1.807, 2.05) is 61.7 Å². The molecule has 0 fully saturated rings. The minimum atomic E-state index is -1.24. The number of unbranched alkanes of at least 4 members (excludes halogenated alkanes) is 1. The summed E-state index contributed by atoms with van der Waals surface area (Å²) in [4.78, 5) is 1.60. The fraction of sp³-hybridized carbons (Fsp3) is 0.400. The minimum absolute atomic E-state index is 0.0536. The van der Waals surface area contributed by atoms with Gasteiger partial charge in [-0.25, -0.2) is 4.21 Å². The molecule has 2 nitrogen and oxygen atoms in total. The molecule has 0 saturated carbocycles. The van der Waals surface area contributed by atoms with Crippen molar-refractivity contribution >= 4 is 22.6 Å². The van der Waals surface area contributed by atoms with E-state index in [-0.39, 0.29) is 5.25 Å². The summed E-state index contributed by atoms with van der Waals surface area (Å²) < 4.78 is 13.1. The highest BCUT2D eigenvalue weighted by molar-refractivity contribution is 7.98. The topological polar surface area (TPSA) is 37.3 Å². The average molecular weight is 363 g/mol. The average Bonchev–Trinajstić information content (AvgIpc) is 2.61. The van der Waals surface area contributed by atoms with Crippen LogP contribution in [-0.2, 0) is 10.8 Å². The van der Waals surface area contributed by atoms with E-state index in [0.29, 0.717) is 0 Å². The summed E-state index contributed by atoms with van der Waals surface area (Å²) in [6.45, 7) is 4.15. The van der Waals surface area contributed by atoms with E-state index in [9.17, 15) is 9.32 Å². The van der Waals surface area contributed by atoms with E-state index in [2.05, 4.69) is 6.92 Å². The van der Waals surface area contributed by atoms with Gasteiger partial charge in [-0.2, -0.15) is 11.8 Å². The van der Waals surface area contributed by atoms with Gasteiger partial charge in [0.2, 0.25) is 0 Å². The zero-order chi connectivity index (χ0) is 17.5. The molecule has 0 aliphatic rings. The second-order valence-corrected chi connectivity index (χ2v) is 8.41. The van der Waals surface area contributed by atoms with Gasteiger partial charge in [0.25, 0.3) is 0 Å². The maximum Gasteiger partial charge on any atom is 0.0852 e. The zero-order valence-corrected chi connectivity index (χ0v) is 16.2. The molecule has 0 amide bonds. The van der Waals surface area contributed by atoms with Crippen molar-refractivity contribution in [1.29, 1.82) is 0 Å². The predicted octanol–water partition coefficient (Wildman–Crippen LogP) is 5.12. The summed E-state index contributed by atoms with van der Waals surface area (Å²) in [7, 11) is -1.24. The van der Waals surface area contributed by atoms with Crippen LogP contribution in [0.2, 0.25) is 0 Å². The molecule has 0 aromatic heterocycles. The molecule has 4 heteroatoms. The molecule has 130 valence electrons. The molecule has 1 unspecified atom stereocenters. The molecule has 3 atom stereocenters. The van der Waals surface area contributed by atoms with Gasteiger partial charge in [-0.15, -0.1) is 0 Å². The van der Waals surface area contributed by atoms with Gasteiger partial charge in [0.1, 0.15) is 0 Å². The Balaban J connectivity index is 2.34. The molecule has 2 aromatic carbocycles. The lowest BCUT2D eigenvalue weighted by Crippen LogP contribution is -2.17. The van der Waals surface area contributed by atoms with Gasteiger partial charge in [0.05, 0.1) is 22.2 Å². The van der Waals surface area contributed by atoms with Gasteiger partial charge in [0.15, 0.2) is 0 Å². The van der Waals surface area contributed by atoms with Crippen LogP contribution in [0.3, 0.4) is 0 Å². The number of aryl methyl sites for hydroxylation is 1. The molecule has 0 heterocycles. The highest BCUT2D eigenvalue weighted by Crippen LogP contribution is 2.36. The van der Waals surface area contributed by atoms with Crippen molar-refractivity contribution in [3.63, 3.8) is 0 Å². The standard InChI is InChI=1S/C20H26O2S2/c1-4-5-9-18(21)20(23-3)17-8-6-7-10-19(17)24(22)16-13-11-15(2)12-14-16/h6-8,10-14,18,20-21H,4-5,9H2,1-3H3/t18-,20+,24?/m1/s1. The van der Waals surface area contributed by atoms with Crippen LogP contribution < -0.4 is 0 Å². The fourth-order valence-corrected chi connectivity index (χ4v) is 4.96. The molecule has 24 heavy (non-hydrogen) atoms. The van der Waals surface area contributed by atoms with E-state index >= 15 is 0 Å². The first kappa shape index (κ1) is 19.2. The van der Waals surface area contributed by atoms with E-state index in [4.69, 9.17) is 0 Å². The molecule has 0 saturated heterocycles. The maximum absolute atomic E-state index is 13.1. The van der Waals surface area contributed by atoms with Crippen LogP contribution in [0.15, 0.2) is 58.3 Å². The van der Waals surface area contributed by atoms with Crippen LogP contribution in [0.5, 0.6) is 0 Å². The first-order valence-electron chi connectivity index (χ1n) is 8.36. The highest BCUT2D eigenvalue weighted by Gasteiger charge is 2.24. The normalized spacial score (nSPS) is 15.0. The molecular weight excluding hydrogens is 336 g/mol. The molecular formula is C20H26O2S2. The maximum atomic E-state index is 13.1. The van der Waals surface area contributed by atoms with Gasteiger partial charge >= 0.3 is 0 Å². The summed E-state index contributed by atoms with van der Waals surface area (Å²) in [6, 6.07) is 15.6. The Morgan fingerprint density at radius 1 is 1.12 bits per heavy atom. The first-order chi connectivity index (χ1) is 11.6. The molecule has 0 bridgehead atoms. The number of hydrogen-bond acceptors (Lipinski definition) is 3. The predicted molar refractivity (Wildman–Crippen MR) is 104 cm³/mol. The molecule has 0 aliphatic carbocycles. The van der Waals surface area contributed by atoms with Crippen LogP contribution in [0.1, 0.15) is 42.6 Å². The molecule has 2 rings (SSSR count). The van der Waals surface area contributed by atoms with E-state index in [1.54, 1.807) is 11.8 Å². The van der Waals surface area contributed by atoms with Crippen molar-refractivity contribution in [2.45, 2.75) is 54.3 Å². The number of thioether (sulfide) groups is 1. The Hall–Kier alpha value is -1.10. The third-order valence-electron chi connectivity index (χ3n) is 4.12. The zero-order valence-electron chi connectivity index (χ0n) is 14.6. The first-order valence-corrected chi connectivity index (χ1v) is 10.8. The van der Waals surface area contributed by atoms with Crippen molar-refractivity contribution in [2.75, 3.05) is 6.26 Å². The lowest BCUT2D eigenvalue weighted by Gasteiger charge is -2.23. The van der Waals surface area contributed by atoms with Crippen molar-refractivity contribution in [3.8, 4) is 0 Å². The third kappa shape index (κ3) is 4.71. The van der Waals surface area contributed by atoms with Crippen LogP contribution >= 0.6 is 11.8 Å². The smallest absolute Gasteiger partial charge is 0.0852 e. The lowest BCUT2D eigenvalue weighted by atomic mass is 10.0. The minimum Gasteiger partial charge on any atom is -0.392 e. The number of hydrogen-bond donors (Lipinski definition) is 1.